The van der Waals surface area contributed by atoms with E-state index < -0.39 is 130 Å². The highest BCUT2D eigenvalue weighted by Gasteiger charge is 3.09. The fourth-order valence-electron chi connectivity index (χ4n) is 4.45. The molecule has 0 atom stereocenters. The lowest BCUT2D eigenvalue weighted by atomic mass is 9.72. The predicted octanol–water partition coefficient (Wildman–Crippen LogP) is 12.9. The molecule has 0 radical (unpaired) electrons. The van der Waals surface area contributed by atoms with E-state index in [9.17, 15) is 172 Å². The first-order valence-electron chi connectivity index (χ1n) is 14.1. The summed E-state index contributed by atoms with van der Waals surface area (Å²) >= 11 is 0. The molecule has 0 aromatic heterocycles. The highest BCUT2D eigenvalue weighted by Crippen LogP contribution is 2.76. The standard InChI is InChI=1S/C24H5F39O2/c1-3(2)4(64)65-24(62,63)23(60,61)22(58,59)21(56,57)20(54,55)19(52,53)18(50,51)17(48,49)14(42,43)11(36,37)8(30,31)5(25)6(26,27)9(32,33)12(38,39)15(44,45)16(46,47)13(40,41)10(34,35)7(5,28)29/h1H2,2H3. The quantitative estimate of drug-likeness (QED) is 0.104. The van der Waals surface area contributed by atoms with Gasteiger partial charge in [-0.3, -0.25) is 0 Å². The molecule has 65 heavy (non-hydrogen) atoms. The number of alkyl halides is 39. The zero-order valence-electron chi connectivity index (χ0n) is 28.3. The predicted molar refractivity (Wildman–Crippen MR) is 119 cm³/mol. The van der Waals surface area contributed by atoms with Gasteiger partial charge in [0.1, 0.15) is 0 Å². The van der Waals surface area contributed by atoms with E-state index in [1.54, 1.807) is 0 Å². The van der Waals surface area contributed by atoms with E-state index >= 15 is 4.39 Å². The van der Waals surface area contributed by atoms with Gasteiger partial charge in [-0.1, -0.05) is 6.58 Å². The van der Waals surface area contributed by atoms with Gasteiger partial charge < -0.3 is 4.74 Å². The highest BCUT2D eigenvalue weighted by molar-refractivity contribution is 5.87. The Hall–Kier alpha value is -3.52. The second-order valence-electron chi connectivity index (χ2n) is 12.7. The Labute approximate surface area is 325 Å². The van der Waals surface area contributed by atoms with Gasteiger partial charge in [-0.25, -0.2) is 9.18 Å². The van der Waals surface area contributed by atoms with Crippen LogP contribution in [0.1, 0.15) is 6.92 Å². The third kappa shape index (κ3) is 6.01. The van der Waals surface area contributed by atoms with E-state index in [2.05, 4.69) is 11.3 Å². The molecule has 0 bridgehead atoms. The topological polar surface area (TPSA) is 26.3 Å². The van der Waals surface area contributed by atoms with Crippen LogP contribution in [0.25, 0.3) is 0 Å². The fraction of sp³-hybridized carbons (Fsp3) is 0.875. The van der Waals surface area contributed by atoms with Gasteiger partial charge in [0.15, 0.2) is 0 Å². The Kier molecular flexibility index (Phi) is 12.8. The Morgan fingerprint density at radius 1 is 0.323 bits per heavy atom. The summed E-state index contributed by atoms with van der Waals surface area (Å²) in [6, 6.07) is 0. The molecule has 0 aliphatic heterocycles. The van der Waals surface area contributed by atoms with Gasteiger partial charge >= 0.3 is 124 Å². The minimum atomic E-state index is -11.3. The zero-order valence-corrected chi connectivity index (χ0v) is 28.3. The monoisotopic (exact) mass is 1070 g/mol. The average molecular weight is 1070 g/mol. The van der Waals surface area contributed by atoms with Crippen molar-refractivity contribution in [1.29, 1.82) is 0 Å². The molecule has 41 heteroatoms. The lowest BCUT2D eigenvalue weighted by molar-refractivity contribution is -0.497. The molecule has 386 valence electrons. The molecular weight excluding hydrogens is 1060 g/mol. The van der Waals surface area contributed by atoms with Crippen LogP contribution in [-0.4, -0.2) is 124 Å². The summed E-state index contributed by atoms with van der Waals surface area (Å²) in [7, 11) is 0. The maximum absolute atomic E-state index is 15.2. The molecule has 1 aliphatic carbocycles. The van der Waals surface area contributed by atoms with Gasteiger partial charge in [0, 0.05) is 5.57 Å². The van der Waals surface area contributed by atoms with Crippen LogP contribution in [-0.2, 0) is 9.53 Å². The summed E-state index contributed by atoms with van der Waals surface area (Å²) in [5, 5.41) is 0. The molecule has 0 spiro atoms. The Bertz CT molecular complexity index is 1810. The molecular formula is C24H5F39O2. The van der Waals surface area contributed by atoms with Crippen LogP contribution < -0.4 is 0 Å². The van der Waals surface area contributed by atoms with Crippen molar-refractivity contribution in [3.05, 3.63) is 12.2 Å². The van der Waals surface area contributed by atoms with Crippen molar-refractivity contribution in [1.82, 2.24) is 0 Å². The van der Waals surface area contributed by atoms with Gasteiger partial charge in [-0.05, 0) is 6.92 Å². The van der Waals surface area contributed by atoms with E-state index in [1.807, 2.05) is 0 Å². The van der Waals surface area contributed by atoms with Crippen LogP contribution >= 0.6 is 0 Å². The van der Waals surface area contributed by atoms with Crippen molar-refractivity contribution in [3.8, 4) is 0 Å². The van der Waals surface area contributed by atoms with Gasteiger partial charge in [-0.15, -0.1) is 0 Å². The van der Waals surface area contributed by atoms with Crippen molar-refractivity contribution < 1.29 is 181 Å². The second kappa shape index (κ2) is 14.0. The summed E-state index contributed by atoms with van der Waals surface area (Å²) < 4.78 is 553. The first kappa shape index (κ1) is 59.5. The minimum Gasteiger partial charge on any atom is -0.393 e. The maximum Gasteiger partial charge on any atom is 0.473 e. The molecule has 0 aromatic carbocycles. The van der Waals surface area contributed by atoms with Gasteiger partial charge in [0.25, 0.3) is 0 Å². The van der Waals surface area contributed by atoms with E-state index in [0.717, 1.165) is 0 Å². The molecule has 0 amide bonds. The van der Waals surface area contributed by atoms with Crippen molar-refractivity contribution in [2.24, 2.45) is 0 Å². The van der Waals surface area contributed by atoms with E-state index in [0.29, 0.717) is 0 Å². The third-order valence-corrected chi connectivity index (χ3v) is 8.54. The van der Waals surface area contributed by atoms with Crippen LogP contribution in [0, 0.1) is 0 Å². The molecule has 0 unspecified atom stereocenters. The van der Waals surface area contributed by atoms with Crippen molar-refractivity contribution >= 4 is 5.97 Å². The number of ether oxygens (including phenoxy) is 1. The first-order chi connectivity index (χ1) is 27.3. The largest absolute Gasteiger partial charge is 0.473 e. The Morgan fingerprint density at radius 3 is 0.692 bits per heavy atom. The van der Waals surface area contributed by atoms with Crippen LogP contribution in [0.3, 0.4) is 0 Å². The maximum atomic E-state index is 15.2. The molecule has 1 fully saturated rings. The van der Waals surface area contributed by atoms with E-state index in [4.69, 9.17) is 0 Å². The Morgan fingerprint density at radius 2 is 0.492 bits per heavy atom. The van der Waals surface area contributed by atoms with Gasteiger partial charge in [-0.2, -0.15) is 167 Å². The number of rotatable bonds is 13. The number of hydrogen-bond acceptors (Lipinski definition) is 2. The van der Waals surface area contributed by atoms with Crippen LogP contribution in [0.15, 0.2) is 12.2 Å². The zero-order chi connectivity index (χ0) is 53.9. The normalized spacial score (nSPS) is 24.0. The first-order valence-corrected chi connectivity index (χ1v) is 14.1. The number of halogens is 39. The van der Waals surface area contributed by atoms with Crippen molar-refractivity contribution in [2.75, 3.05) is 0 Å². The van der Waals surface area contributed by atoms with Crippen LogP contribution in [0.5, 0.6) is 0 Å². The molecule has 0 saturated heterocycles. The molecule has 1 saturated carbocycles. The van der Waals surface area contributed by atoms with Gasteiger partial charge in [0.05, 0.1) is 0 Å². The number of carbonyl (C=O) groups is 1. The smallest absolute Gasteiger partial charge is 0.393 e. The minimum absolute atomic E-state index is 0.0167. The summed E-state index contributed by atoms with van der Waals surface area (Å²) in [4.78, 5) is 10.9. The molecule has 1 rings (SSSR count). The second-order valence-corrected chi connectivity index (χ2v) is 12.7. The third-order valence-electron chi connectivity index (χ3n) is 8.54. The summed E-state index contributed by atoms with van der Waals surface area (Å²) in [6.45, 7) is 2.21. The average Bonchev–Trinajstić information content (AvgIpc) is 3.08. The van der Waals surface area contributed by atoms with E-state index in [-0.39, 0.29) is 6.92 Å². The number of hydrogen-bond donors (Lipinski definition) is 0. The van der Waals surface area contributed by atoms with Crippen molar-refractivity contribution in [2.45, 2.75) is 125 Å². The van der Waals surface area contributed by atoms with E-state index in [1.165, 1.54) is 0 Å². The molecule has 0 aromatic rings. The number of carbonyl (C=O) groups excluding carboxylic acids is 1. The number of esters is 1. The molecule has 0 N–H and O–H groups in total. The summed E-state index contributed by atoms with van der Waals surface area (Å²) in [6.07, 6.45) is -7.97. The summed E-state index contributed by atoms with van der Waals surface area (Å²) in [5.41, 5.74) is -13.1. The fourth-order valence-corrected chi connectivity index (χ4v) is 4.45. The SMILES string of the molecule is C=C(C)C(=O)OC(F)(F)C(F)(F)C(F)(F)C(F)(F)C(F)(F)C(F)(F)C(F)(F)C(F)(F)C(F)(F)C(F)(F)C(F)(F)C1(F)C(F)(F)C(F)(F)C(F)(F)C(F)(F)C(F)(F)C(F)(F)C(F)(F)C1(F)F. The molecule has 2 nitrogen and oxygen atoms in total. The lowest BCUT2D eigenvalue weighted by Crippen LogP contribution is -2.85. The van der Waals surface area contributed by atoms with Crippen LogP contribution in [0.4, 0.5) is 171 Å². The van der Waals surface area contributed by atoms with Crippen LogP contribution in [0.2, 0.25) is 0 Å². The Balaban J connectivity index is 4.54. The molecule has 0 heterocycles. The van der Waals surface area contributed by atoms with Gasteiger partial charge in [0.2, 0.25) is 0 Å². The lowest BCUT2D eigenvalue weighted by Gasteiger charge is -2.51. The van der Waals surface area contributed by atoms with Crippen molar-refractivity contribution in [3.63, 3.8) is 0 Å². The molecule has 1 aliphatic rings. The summed E-state index contributed by atoms with van der Waals surface area (Å²) in [5.74, 6) is -189. The highest BCUT2D eigenvalue weighted by atomic mass is 19.4.